The van der Waals surface area contributed by atoms with E-state index in [1.54, 1.807) is 6.20 Å². The molecular weight excluding hydrogens is 318 g/mol. The van der Waals surface area contributed by atoms with Crippen molar-refractivity contribution in [1.29, 1.82) is 0 Å². The molecule has 1 unspecified atom stereocenters. The third kappa shape index (κ3) is 3.45. The molecule has 1 amide bonds. The van der Waals surface area contributed by atoms with Crippen molar-refractivity contribution in [3.8, 4) is 0 Å². The largest absolute Gasteiger partial charge is 0.345 e. The lowest BCUT2D eigenvalue weighted by Crippen LogP contribution is -2.46. The van der Waals surface area contributed by atoms with Crippen LogP contribution in [0.1, 0.15) is 62.3 Å². The van der Waals surface area contributed by atoms with Crippen LogP contribution in [0.4, 0.5) is 0 Å². The van der Waals surface area contributed by atoms with Crippen molar-refractivity contribution in [3.05, 3.63) is 34.3 Å². The van der Waals surface area contributed by atoms with E-state index in [0.29, 0.717) is 16.0 Å². The molecule has 1 aromatic heterocycles. The van der Waals surface area contributed by atoms with Crippen molar-refractivity contribution in [3.63, 3.8) is 0 Å². The molecule has 1 aromatic rings. The van der Waals surface area contributed by atoms with Gasteiger partial charge in [0.25, 0.3) is 5.91 Å². The van der Waals surface area contributed by atoms with Gasteiger partial charge in [0.15, 0.2) is 0 Å². The molecule has 1 atom stereocenters. The fourth-order valence-corrected chi connectivity index (χ4v) is 2.60. The van der Waals surface area contributed by atoms with E-state index >= 15 is 0 Å². The summed E-state index contributed by atoms with van der Waals surface area (Å²) in [6.45, 7) is 6.10. The summed E-state index contributed by atoms with van der Waals surface area (Å²) in [4.78, 5) is 21.1. The van der Waals surface area contributed by atoms with Gasteiger partial charge in [-0.15, -0.1) is 0 Å². The topological polar surface area (TPSA) is 54.9 Å². The van der Waals surface area contributed by atoms with Crippen LogP contribution in [0.5, 0.6) is 0 Å². The fraction of sp³-hybridized carbons (Fsp3) is 0.533. The lowest BCUT2D eigenvalue weighted by atomic mass is 9.87. The van der Waals surface area contributed by atoms with Crippen LogP contribution in [0.15, 0.2) is 22.8 Å². The monoisotopic (exact) mass is 337 g/mol. The Hall–Kier alpha value is -1.23. The highest BCUT2D eigenvalue weighted by atomic mass is 79.9. The molecule has 1 aliphatic rings. The van der Waals surface area contributed by atoms with E-state index in [2.05, 4.69) is 50.3 Å². The number of rotatable bonds is 3. The number of carbonyl (C=O) groups excluding carboxylic acids is 1. The Balaban J connectivity index is 2.20. The molecule has 108 valence electrons. The second-order valence-electron chi connectivity index (χ2n) is 5.81. The first kappa shape index (κ1) is 15.2. The highest BCUT2D eigenvalue weighted by molar-refractivity contribution is 9.10. The molecule has 0 spiro atoms. The maximum atomic E-state index is 12.5. The lowest BCUT2D eigenvalue weighted by Gasteiger charge is -2.31. The standard InChI is InChI=1S/C15H20BrN3O/c1-10(2)13-17-9-11(16)12(18-13)14(20)19-15(3)7-5-4-6-8-15/h4-5,9-10H,6-8H2,1-3H3,(H,19,20). The number of nitrogens with one attached hydrogen (secondary N) is 1. The van der Waals surface area contributed by atoms with Crippen molar-refractivity contribution in [1.82, 2.24) is 15.3 Å². The first-order valence-corrected chi connectivity index (χ1v) is 7.70. The Morgan fingerprint density at radius 3 is 2.80 bits per heavy atom. The maximum absolute atomic E-state index is 12.5. The van der Waals surface area contributed by atoms with Crippen LogP contribution >= 0.6 is 15.9 Å². The normalized spacial score (nSPS) is 22.1. The lowest BCUT2D eigenvalue weighted by molar-refractivity contribution is 0.0894. The molecule has 0 saturated carbocycles. The molecule has 5 heteroatoms. The summed E-state index contributed by atoms with van der Waals surface area (Å²) in [6.07, 6.45) is 8.75. The van der Waals surface area contributed by atoms with Crippen molar-refractivity contribution >= 4 is 21.8 Å². The van der Waals surface area contributed by atoms with Crippen molar-refractivity contribution < 1.29 is 4.79 Å². The number of hydrogen-bond acceptors (Lipinski definition) is 3. The zero-order valence-electron chi connectivity index (χ0n) is 12.1. The number of amides is 1. The quantitative estimate of drug-likeness (QED) is 0.857. The van der Waals surface area contributed by atoms with E-state index in [1.165, 1.54) is 0 Å². The van der Waals surface area contributed by atoms with Gasteiger partial charge in [-0.2, -0.15) is 0 Å². The first-order valence-electron chi connectivity index (χ1n) is 6.91. The summed E-state index contributed by atoms with van der Waals surface area (Å²) >= 11 is 3.36. The van der Waals surface area contributed by atoms with E-state index in [4.69, 9.17) is 0 Å². The third-order valence-corrected chi connectivity index (χ3v) is 4.09. The van der Waals surface area contributed by atoms with Crippen LogP contribution in [-0.2, 0) is 0 Å². The molecule has 0 saturated heterocycles. The molecule has 20 heavy (non-hydrogen) atoms. The zero-order chi connectivity index (χ0) is 14.8. The predicted molar refractivity (Wildman–Crippen MR) is 82.7 cm³/mol. The Morgan fingerprint density at radius 2 is 2.20 bits per heavy atom. The van der Waals surface area contributed by atoms with Gasteiger partial charge >= 0.3 is 0 Å². The SMILES string of the molecule is CC(C)c1ncc(Br)c(C(=O)NC2(C)CC=CCC2)n1. The van der Waals surface area contributed by atoms with Crippen LogP contribution in [0.3, 0.4) is 0 Å². The van der Waals surface area contributed by atoms with Crippen molar-refractivity contribution in [2.24, 2.45) is 0 Å². The Kier molecular flexibility index (Phi) is 4.58. The Bertz CT molecular complexity index is 542. The van der Waals surface area contributed by atoms with Crippen LogP contribution in [0.2, 0.25) is 0 Å². The van der Waals surface area contributed by atoms with Crippen molar-refractivity contribution in [2.45, 2.75) is 51.5 Å². The molecule has 0 bridgehead atoms. The van der Waals surface area contributed by atoms with Gasteiger partial charge in [0.05, 0.1) is 4.47 Å². The van der Waals surface area contributed by atoms with E-state index in [9.17, 15) is 4.79 Å². The zero-order valence-corrected chi connectivity index (χ0v) is 13.7. The third-order valence-electron chi connectivity index (χ3n) is 3.51. The van der Waals surface area contributed by atoms with Gasteiger partial charge < -0.3 is 5.32 Å². The summed E-state index contributed by atoms with van der Waals surface area (Å²) in [5.41, 5.74) is 0.230. The minimum Gasteiger partial charge on any atom is -0.345 e. The number of aromatic nitrogens is 2. The smallest absolute Gasteiger partial charge is 0.271 e. The number of nitrogens with zero attached hydrogens (tertiary/aromatic N) is 2. The van der Waals surface area contributed by atoms with E-state index in [-0.39, 0.29) is 17.4 Å². The fourth-order valence-electron chi connectivity index (χ4n) is 2.23. The van der Waals surface area contributed by atoms with Crippen LogP contribution < -0.4 is 5.32 Å². The maximum Gasteiger partial charge on any atom is 0.271 e. The molecular formula is C15H20BrN3O. The van der Waals surface area contributed by atoms with E-state index < -0.39 is 0 Å². The van der Waals surface area contributed by atoms with Gasteiger partial charge in [0.2, 0.25) is 0 Å². The highest BCUT2D eigenvalue weighted by Gasteiger charge is 2.28. The Labute approximate surface area is 128 Å². The molecule has 0 radical (unpaired) electrons. The molecule has 1 aliphatic carbocycles. The summed E-state index contributed by atoms with van der Waals surface area (Å²) in [5.74, 6) is 0.744. The van der Waals surface area contributed by atoms with Gasteiger partial charge in [0.1, 0.15) is 11.5 Å². The second-order valence-corrected chi connectivity index (χ2v) is 6.66. The number of halogens is 1. The second kappa shape index (κ2) is 6.04. The number of allylic oxidation sites excluding steroid dienone is 1. The van der Waals surface area contributed by atoms with Gasteiger partial charge in [-0.25, -0.2) is 9.97 Å². The van der Waals surface area contributed by atoms with E-state index in [1.807, 2.05) is 13.8 Å². The minimum atomic E-state index is -0.186. The van der Waals surface area contributed by atoms with Gasteiger partial charge in [-0.05, 0) is 42.1 Å². The highest BCUT2D eigenvalue weighted by Crippen LogP contribution is 2.24. The van der Waals surface area contributed by atoms with Gasteiger partial charge in [-0.1, -0.05) is 26.0 Å². The molecule has 0 aromatic carbocycles. The summed E-state index contributed by atoms with van der Waals surface area (Å²) in [7, 11) is 0. The summed E-state index contributed by atoms with van der Waals surface area (Å²) in [5, 5.41) is 3.11. The average molecular weight is 338 g/mol. The molecule has 1 heterocycles. The van der Waals surface area contributed by atoms with Crippen LogP contribution in [0, 0.1) is 0 Å². The first-order chi connectivity index (χ1) is 9.41. The van der Waals surface area contributed by atoms with E-state index in [0.717, 1.165) is 19.3 Å². The number of carbonyl (C=O) groups is 1. The molecule has 2 rings (SSSR count). The molecule has 0 fully saturated rings. The van der Waals surface area contributed by atoms with Gasteiger partial charge in [-0.3, -0.25) is 4.79 Å². The summed E-state index contributed by atoms with van der Waals surface area (Å²) in [6, 6.07) is 0. The van der Waals surface area contributed by atoms with Crippen molar-refractivity contribution in [2.75, 3.05) is 0 Å². The Morgan fingerprint density at radius 1 is 1.45 bits per heavy atom. The van der Waals surface area contributed by atoms with Crippen LogP contribution in [0.25, 0.3) is 0 Å². The molecule has 4 nitrogen and oxygen atoms in total. The molecule has 0 aliphatic heterocycles. The van der Waals surface area contributed by atoms with Crippen LogP contribution in [-0.4, -0.2) is 21.4 Å². The average Bonchev–Trinajstić information content (AvgIpc) is 2.39. The predicted octanol–water partition coefficient (Wildman–Crippen LogP) is 3.59. The molecule has 1 N–H and O–H groups in total. The van der Waals surface area contributed by atoms with Gasteiger partial charge in [0, 0.05) is 17.7 Å². The minimum absolute atomic E-state index is 0.140. The number of hydrogen-bond donors (Lipinski definition) is 1. The summed E-state index contributed by atoms with van der Waals surface area (Å²) < 4.78 is 0.634.